The smallest absolute Gasteiger partial charge is 0.152 e. The molecule has 2 heterocycles. The van der Waals surface area contributed by atoms with Crippen LogP contribution in [0.1, 0.15) is 11.4 Å². The quantitative estimate of drug-likeness (QED) is 0.890. The van der Waals surface area contributed by atoms with Crippen LogP contribution >= 0.6 is 11.6 Å². The van der Waals surface area contributed by atoms with E-state index >= 15 is 0 Å². The highest BCUT2D eigenvalue weighted by Gasteiger charge is 2.19. The van der Waals surface area contributed by atoms with Gasteiger partial charge in [-0.1, -0.05) is 17.7 Å². The molecule has 0 aliphatic carbocycles. The first-order chi connectivity index (χ1) is 8.78. The number of hydrogen-bond acceptors (Lipinski definition) is 4. The third kappa shape index (κ3) is 1.95. The van der Waals surface area contributed by atoms with E-state index in [4.69, 9.17) is 17.3 Å². The van der Waals surface area contributed by atoms with Crippen LogP contribution in [0.4, 0.5) is 5.69 Å². The molecule has 1 aliphatic rings. The summed E-state index contributed by atoms with van der Waals surface area (Å²) in [5.41, 5.74) is 7.68. The summed E-state index contributed by atoms with van der Waals surface area (Å²) in [6.07, 6.45) is 1.77. The summed E-state index contributed by atoms with van der Waals surface area (Å²) < 4.78 is 2.07. The number of fused-ring (bicyclic) bond motifs is 1. The molecule has 18 heavy (non-hydrogen) atoms. The minimum Gasteiger partial charge on any atom is -0.361 e. The largest absolute Gasteiger partial charge is 0.361 e. The van der Waals surface area contributed by atoms with Crippen molar-refractivity contribution >= 4 is 17.3 Å². The number of rotatable bonds is 2. The SMILES string of the molecule is NCc1ccc(N2CCn3cnnc3C2)c(Cl)c1. The number of aromatic nitrogens is 3. The summed E-state index contributed by atoms with van der Waals surface area (Å²) in [6, 6.07) is 5.97. The van der Waals surface area contributed by atoms with Gasteiger partial charge in [0.15, 0.2) is 5.82 Å². The number of halogens is 1. The van der Waals surface area contributed by atoms with E-state index in [2.05, 4.69) is 19.7 Å². The van der Waals surface area contributed by atoms with Gasteiger partial charge in [-0.05, 0) is 17.7 Å². The first-order valence-electron chi connectivity index (χ1n) is 5.88. The molecule has 5 nitrogen and oxygen atoms in total. The molecule has 0 amide bonds. The summed E-state index contributed by atoms with van der Waals surface area (Å²) in [5.74, 6) is 0.972. The lowest BCUT2D eigenvalue weighted by molar-refractivity contribution is 0.560. The molecule has 0 saturated carbocycles. The Morgan fingerprint density at radius 3 is 3.00 bits per heavy atom. The van der Waals surface area contributed by atoms with Crippen LogP contribution in [-0.4, -0.2) is 21.3 Å². The molecule has 0 spiro atoms. The van der Waals surface area contributed by atoms with Gasteiger partial charge in [0.05, 0.1) is 17.3 Å². The zero-order chi connectivity index (χ0) is 12.5. The Labute approximate surface area is 110 Å². The molecule has 0 saturated heterocycles. The van der Waals surface area contributed by atoms with Crippen molar-refractivity contribution in [2.75, 3.05) is 11.4 Å². The molecule has 0 unspecified atom stereocenters. The Hall–Kier alpha value is -1.59. The number of anilines is 1. The van der Waals surface area contributed by atoms with Crippen LogP contribution in [0, 0.1) is 0 Å². The highest BCUT2D eigenvalue weighted by atomic mass is 35.5. The first kappa shape index (κ1) is 11.5. The van der Waals surface area contributed by atoms with Gasteiger partial charge in [-0.3, -0.25) is 0 Å². The summed E-state index contributed by atoms with van der Waals surface area (Å²) >= 11 is 6.30. The second-order valence-corrected chi connectivity index (χ2v) is 4.76. The predicted octanol–water partition coefficient (Wildman–Crippen LogP) is 1.41. The standard InChI is InChI=1S/C12H14ClN5/c13-10-5-9(6-14)1-2-11(10)17-3-4-18-8-15-16-12(18)7-17/h1-2,5,8H,3-4,6-7,14H2. The monoisotopic (exact) mass is 263 g/mol. The molecule has 0 atom stereocenters. The number of benzene rings is 1. The minimum absolute atomic E-state index is 0.508. The zero-order valence-corrected chi connectivity index (χ0v) is 10.6. The van der Waals surface area contributed by atoms with E-state index in [9.17, 15) is 0 Å². The fraction of sp³-hybridized carbons (Fsp3) is 0.333. The van der Waals surface area contributed by atoms with Gasteiger partial charge < -0.3 is 15.2 Å². The van der Waals surface area contributed by atoms with Crippen LogP contribution < -0.4 is 10.6 Å². The van der Waals surface area contributed by atoms with Gasteiger partial charge in [0.25, 0.3) is 0 Å². The summed E-state index contributed by atoms with van der Waals surface area (Å²) in [4.78, 5) is 2.21. The maximum absolute atomic E-state index is 6.30. The lowest BCUT2D eigenvalue weighted by Gasteiger charge is -2.29. The van der Waals surface area contributed by atoms with Crippen LogP contribution in [0.15, 0.2) is 24.5 Å². The molecule has 0 bridgehead atoms. The molecule has 2 N–H and O–H groups in total. The fourth-order valence-corrected chi connectivity index (χ4v) is 2.53. The van der Waals surface area contributed by atoms with Crippen LogP contribution in [0.5, 0.6) is 0 Å². The number of nitrogens with zero attached hydrogens (tertiary/aromatic N) is 4. The van der Waals surface area contributed by atoms with E-state index in [1.807, 2.05) is 18.2 Å². The molecule has 1 aliphatic heterocycles. The van der Waals surface area contributed by atoms with Gasteiger partial charge >= 0.3 is 0 Å². The van der Waals surface area contributed by atoms with Gasteiger partial charge in [-0.15, -0.1) is 10.2 Å². The van der Waals surface area contributed by atoms with Gasteiger partial charge in [-0.25, -0.2) is 0 Å². The Morgan fingerprint density at radius 1 is 1.33 bits per heavy atom. The third-order valence-electron chi connectivity index (χ3n) is 3.23. The topological polar surface area (TPSA) is 60.0 Å². The molecular formula is C12H14ClN5. The van der Waals surface area contributed by atoms with E-state index in [1.54, 1.807) is 6.33 Å². The Morgan fingerprint density at radius 2 is 2.22 bits per heavy atom. The maximum Gasteiger partial charge on any atom is 0.152 e. The van der Waals surface area contributed by atoms with Gasteiger partial charge in [0.1, 0.15) is 6.33 Å². The van der Waals surface area contributed by atoms with Crippen LogP contribution in [0.2, 0.25) is 5.02 Å². The molecule has 0 fully saturated rings. The molecule has 94 valence electrons. The molecule has 1 aromatic heterocycles. The van der Waals surface area contributed by atoms with Crippen molar-refractivity contribution in [1.29, 1.82) is 0 Å². The van der Waals surface area contributed by atoms with Crippen LogP contribution in [-0.2, 0) is 19.6 Å². The van der Waals surface area contributed by atoms with E-state index in [0.717, 1.165) is 41.7 Å². The van der Waals surface area contributed by atoms with Crippen molar-refractivity contribution in [2.45, 2.75) is 19.6 Å². The number of nitrogens with two attached hydrogens (primary N) is 1. The molecule has 2 aromatic rings. The predicted molar refractivity (Wildman–Crippen MR) is 70.4 cm³/mol. The normalized spacial score (nSPS) is 14.7. The first-order valence-corrected chi connectivity index (χ1v) is 6.26. The van der Waals surface area contributed by atoms with Crippen molar-refractivity contribution in [1.82, 2.24) is 14.8 Å². The van der Waals surface area contributed by atoms with Crippen molar-refractivity contribution in [3.05, 3.63) is 40.9 Å². The molecular weight excluding hydrogens is 250 g/mol. The Kier molecular flexibility index (Phi) is 2.93. The Balaban J connectivity index is 1.88. The van der Waals surface area contributed by atoms with Crippen molar-refractivity contribution < 1.29 is 0 Å². The van der Waals surface area contributed by atoms with Gasteiger partial charge in [-0.2, -0.15) is 0 Å². The molecule has 0 radical (unpaired) electrons. The molecule has 6 heteroatoms. The summed E-state index contributed by atoms with van der Waals surface area (Å²) in [7, 11) is 0. The van der Waals surface area contributed by atoms with E-state index in [-0.39, 0.29) is 0 Å². The zero-order valence-electron chi connectivity index (χ0n) is 9.88. The van der Waals surface area contributed by atoms with Gasteiger partial charge in [0.2, 0.25) is 0 Å². The average molecular weight is 264 g/mol. The summed E-state index contributed by atoms with van der Waals surface area (Å²) in [6.45, 7) is 3.04. The second-order valence-electron chi connectivity index (χ2n) is 4.35. The summed E-state index contributed by atoms with van der Waals surface area (Å²) in [5, 5.41) is 8.76. The fourth-order valence-electron chi connectivity index (χ4n) is 2.21. The lowest BCUT2D eigenvalue weighted by Crippen LogP contribution is -2.33. The molecule has 1 aromatic carbocycles. The lowest BCUT2D eigenvalue weighted by atomic mass is 10.2. The molecule has 3 rings (SSSR count). The van der Waals surface area contributed by atoms with Crippen molar-refractivity contribution in [2.24, 2.45) is 5.73 Å². The minimum atomic E-state index is 0.508. The van der Waals surface area contributed by atoms with Crippen LogP contribution in [0.3, 0.4) is 0 Å². The van der Waals surface area contributed by atoms with Gasteiger partial charge in [0, 0.05) is 19.6 Å². The van der Waals surface area contributed by atoms with E-state index in [0.29, 0.717) is 6.54 Å². The highest BCUT2D eigenvalue weighted by molar-refractivity contribution is 6.33. The van der Waals surface area contributed by atoms with E-state index < -0.39 is 0 Å². The maximum atomic E-state index is 6.30. The Bertz CT molecular complexity index is 565. The highest BCUT2D eigenvalue weighted by Crippen LogP contribution is 2.29. The van der Waals surface area contributed by atoms with Crippen molar-refractivity contribution in [3.8, 4) is 0 Å². The average Bonchev–Trinajstić information content (AvgIpc) is 2.85. The van der Waals surface area contributed by atoms with E-state index in [1.165, 1.54) is 0 Å². The third-order valence-corrected chi connectivity index (χ3v) is 3.53. The number of hydrogen-bond donors (Lipinski definition) is 1. The van der Waals surface area contributed by atoms with Crippen LogP contribution in [0.25, 0.3) is 0 Å². The second kappa shape index (κ2) is 4.59. The van der Waals surface area contributed by atoms with Crippen molar-refractivity contribution in [3.63, 3.8) is 0 Å².